The van der Waals surface area contributed by atoms with E-state index in [0.717, 1.165) is 0 Å². The van der Waals surface area contributed by atoms with E-state index in [-0.39, 0.29) is 17.0 Å². The van der Waals surface area contributed by atoms with Gasteiger partial charge in [-0.2, -0.15) is 13.2 Å². The fourth-order valence-electron chi connectivity index (χ4n) is 1.63. The van der Waals surface area contributed by atoms with Crippen LogP contribution >= 0.6 is 0 Å². The van der Waals surface area contributed by atoms with Crippen LogP contribution in [0.2, 0.25) is 0 Å². The largest absolute Gasteiger partial charge is 0.361 e. The van der Waals surface area contributed by atoms with Crippen molar-refractivity contribution >= 4 is 21.9 Å². The average Bonchev–Trinajstić information content (AvgIpc) is 2.26. The molecule has 6 heteroatoms. The third-order valence-electron chi connectivity index (χ3n) is 2.38. The summed E-state index contributed by atoms with van der Waals surface area (Å²) in [5.41, 5.74) is 10.3. The third kappa shape index (κ3) is 1.81. The van der Waals surface area contributed by atoms with Crippen molar-refractivity contribution in [3.63, 3.8) is 0 Å². The Labute approximate surface area is 92.4 Å². The van der Waals surface area contributed by atoms with Gasteiger partial charge in [-0.25, -0.2) is 0 Å². The predicted octanol–water partition coefficient (Wildman–Crippen LogP) is 1.34. The van der Waals surface area contributed by atoms with Crippen LogP contribution in [0.1, 0.15) is 17.5 Å². The zero-order chi connectivity index (χ0) is 11.8. The molecule has 0 atom stereocenters. The van der Waals surface area contributed by atoms with Crippen LogP contribution < -0.4 is 0 Å². The fraction of sp³-hybridized carbons (Fsp3) is 0.100. The zero-order valence-corrected chi connectivity index (χ0v) is 8.98. The molecule has 1 aromatic rings. The molecule has 0 saturated heterocycles. The van der Waals surface area contributed by atoms with Crippen molar-refractivity contribution < 1.29 is 17.8 Å². The number of hydrogen-bond donors (Lipinski definition) is 1. The lowest BCUT2D eigenvalue weighted by atomic mass is 9.96. The Kier molecular flexibility index (Phi) is 2.47. The molecule has 1 aliphatic carbocycles. The minimum absolute atomic E-state index is 0.105. The van der Waals surface area contributed by atoms with Crippen LogP contribution in [0.25, 0.3) is 11.6 Å². The third-order valence-corrected chi connectivity index (χ3v) is 3.31. The molecule has 2 rings (SSSR count). The van der Waals surface area contributed by atoms with Crippen molar-refractivity contribution in [1.82, 2.24) is 0 Å². The SMILES string of the molecule is [N-]=[N+]=C1CC(S(=O)(=O)O)=Cc2ccccc21. The Morgan fingerprint density at radius 1 is 1.31 bits per heavy atom. The topological polar surface area (TPSA) is 90.8 Å². The highest BCUT2D eigenvalue weighted by Crippen LogP contribution is 2.25. The molecule has 1 N–H and O–H groups in total. The van der Waals surface area contributed by atoms with Crippen molar-refractivity contribution in [3.8, 4) is 0 Å². The normalized spacial score (nSPS) is 15.1. The summed E-state index contributed by atoms with van der Waals surface area (Å²) < 4.78 is 31.0. The van der Waals surface area contributed by atoms with Gasteiger partial charge < -0.3 is 5.53 Å². The lowest BCUT2D eigenvalue weighted by Gasteiger charge is -2.10. The predicted molar refractivity (Wildman–Crippen MR) is 58.3 cm³/mol. The summed E-state index contributed by atoms with van der Waals surface area (Å²) in [6.07, 6.45) is 1.27. The van der Waals surface area contributed by atoms with Gasteiger partial charge in [0, 0.05) is 0 Å². The van der Waals surface area contributed by atoms with E-state index in [1.807, 2.05) is 0 Å². The minimum atomic E-state index is -4.24. The van der Waals surface area contributed by atoms with Gasteiger partial charge in [0.1, 0.15) is 0 Å². The van der Waals surface area contributed by atoms with Crippen molar-refractivity contribution in [1.29, 1.82) is 0 Å². The van der Waals surface area contributed by atoms with E-state index in [1.165, 1.54) is 6.08 Å². The molecule has 16 heavy (non-hydrogen) atoms. The van der Waals surface area contributed by atoms with Gasteiger partial charge in [-0.15, -0.1) is 0 Å². The number of benzene rings is 1. The van der Waals surface area contributed by atoms with E-state index in [1.54, 1.807) is 24.3 Å². The van der Waals surface area contributed by atoms with Gasteiger partial charge in [-0.05, 0) is 17.7 Å². The molecule has 0 saturated carbocycles. The highest BCUT2D eigenvalue weighted by molar-refractivity contribution is 7.90. The van der Waals surface area contributed by atoms with E-state index in [4.69, 9.17) is 10.1 Å². The molecule has 0 unspecified atom stereocenters. The van der Waals surface area contributed by atoms with Gasteiger partial charge in [0.15, 0.2) is 0 Å². The van der Waals surface area contributed by atoms with E-state index < -0.39 is 10.1 Å². The molecule has 0 spiro atoms. The first-order valence-corrected chi connectivity index (χ1v) is 5.95. The number of fused-ring (bicyclic) bond motifs is 1. The number of rotatable bonds is 1. The van der Waals surface area contributed by atoms with Crippen molar-refractivity contribution in [2.75, 3.05) is 0 Å². The number of allylic oxidation sites excluding steroid dienone is 1. The van der Waals surface area contributed by atoms with Crippen molar-refractivity contribution in [3.05, 3.63) is 45.8 Å². The summed E-state index contributed by atoms with van der Waals surface area (Å²) in [6, 6.07) is 6.90. The molecule has 5 nitrogen and oxygen atoms in total. The van der Waals surface area contributed by atoms with Gasteiger partial charge in [-0.1, -0.05) is 18.2 Å². The average molecular weight is 236 g/mol. The summed E-state index contributed by atoms with van der Waals surface area (Å²) in [5.74, 6) is 0. The maximum Gasteiger partial charge on any atom is 0.304 e. The zero-order valence-electron chi connectivity index (χ0n) is 8.16. The number of hydrogen-bond acceptors (Lipinski definition) is 2. The minimum Gasteiger partial charge on any atom is -0.361 e. The van der Waals surface area contributed by atoms with Crippen LogP contribution in [0.15, 0.2) is 29.2 Å². The van der Waals surface area contributed by atoms with Crippen LogP contribution in [0.3, 0.4) is 0 Å². The van der Waals surface area contributed by atoms with Crippen LogP contribution in [0.5, 0.6) is 0 Å². The molecule has 0 heterocycles. The quantitative estimate of drug-likeness (QED) is 0.453. The molecule has 1 aliphatic rings. The highest BCUT2D eigenvalue weighted by atomic mass is 32.2. The Morgan fingerprint density at radius 2 is 2.00 bits per heavy atom. The maximum atomic E-state index is 11.0. The van der Waals surface area contributed by atoms with E-state index in [9.17, 15) is 8.42 Å². The number of nitrogens with zero attached hydrogens (tertiary/aromatic N) is 2. The Morgan fingerprint density at radius 3 is 2.62 bits per heavy atom. The van der Waals surface area contributed by atoms with Crippen LogP contribution in [0, 0.1) is 0 Å². The first-order chi connectivity index (χ1) is 7.52. The first kappa shape index (κ1) is 10.8. The molecule has 82 valence electrons. The Hall–Kier alpha value is -1.75. The first-order valence-electron chi connectivity index (χ1n) is 4.51. The summed E-state index contributed by atoms with van der Waals surface area (Å²) in [4.78, 5) is 2.89. The lowest BCUT2D eigenvalue weighted by molar-refractivity contribution is -0.00619. The maximum absolute atomic E-state index is 11.0. The molecule has 1 aromatic carbocycles. The molecular weight excluding hydrogens is 228 g/mol. The summed E-state index contributed by atoms with van der Waals surface area (Å²) >= 11 is 0. The van der Waals surface area contributed by atoms with Crippen molar-refractivity contribution in [2.45, 2.75) is 6.42 Å². The molecule has 0 aromatic heterocycles. The van der Waals surface area contributed by atoms with Crippen molar-refractivity contribution in [2.24, 2.45) is 0 Å². The summed E-state index contributed by atoms with van der Waals surface area (Å²) in [5, 5.41) is 0. The second-order valence-electron chi connectivity index (χ2n) is 3.40. The van der Waals surface area contributed by atoms with Gasteiger partial charge in [-0.3, -0.25) is 4.55 Å². The standard InChI is InChI=1S/C10H8N2O3S/c11-12-10-6-8(16(13,14)15)5-7-3-1-2-4-9(7)10/h1-5H,6H2,(H,13,14,15). The van der Waals surface area contributed by atoms with Crippen LogP contribution in [0.4, 0.5) is 0 Å². The van der Waals surface area contributed by atoms with E-state index in [2.05, 4.69) is 4.79 Å². The van der Waals surface area contributed by atoms with Gasteiger partial charge in [0.2, 0.25) is 0 Å². The monoisotopic (exact) mass is 236 g/mol. The molecule has 0 fully saturated rings. The summed E-state index contributed by atoms with van der Waals surface area (Å²) in [7, 11) is -4.24. The molecule has 0 amide bonds. The molecule has 0 bridgehead atoms. The van der Waals surface area contributed by atoms with Crippen LogP contribution in [-0.4, -0.2) is 23.5 Å². The molecule has 0 aliphatic heterocycles. The second-order valence-corrected chi connectivity index (χ2v) is 4.87. The smallest absolute Gasteiger partial charge is 0.304 e. The summed E-state index contributed by atoms with van der Waals surface area (Å²) in [6.45, 7) is 0. The molecular formula is C10H8N2O3S. The lowest BCUT2D eigenvalue weighted by Crippen LogP contribution is -2.15. The Balaban J connectivity index is 2.69. The van der Waals surface area contributed by atoms with E-state index in [0.29, 0.717) is 11.1 Å². The molecule has 0 radical (unpaired) electrons. The Bertz CT molecular complexity index is 625. The second kappa shape index (κ2) is 3.68. The van der Waals surface area contributed by atoms with Crippen LogP contribution in [-0.2, 0) is 10.1 Å². The van der Waals surface area contributed by atoms with Gasteiger partial charge in [0.25, 0.3) is 10.1 Å². The fourth-order valence-corrected chi connectivity index (χ4v) is 2.22. The van der Waals surface area contributed by atoms with Gasteiger partial charge in [0.05, 0.1) is 16.9 Å². The highest BCUT2D eigenvalue weighted by Gasteiger charge is 2.28. The van der Waals surface area contributed by atoms with E-state index >= 15 is 0 Å². The van der Waals surface area contributed by atoms with Gasteiger partial charge >= 0.3 is 5.71 Å².